The molecule has 1 aliphatic rings. The second-order valence-corrected chi connectivity index (χ2v) is 6.79. The van der Waals surface area contributed by atoms with E-state index in [0.717, 1.165) is 12.1 Å². The number of carbonyl (C=O) groups excluding carboxylic acids is 2. The number of amides is 2. The van der Waals surface area contributed by atoms with E-state index in [1.165, 1.54) is 6.07 Å². The second kappa shape index (κ2) is 8.90. The molecule has 10 heteroatoms. The van der Waals surface area contributed by atoms with Gasteiger partial charge in [-0.05, 0) is 24.6 Å². The Morgan fingerprint density at radius 2 is 1.89 bits per heavy atom. The fourth-order valence-electron chi connectivity index (χ4n) is 3.10. The van der Waals surface area contributed by atoms with Gasteiger partial charge in [0.05, 0.1) is 23.2 Å². The van der Waals surface area contributed by atoms with Crippen molar-refractivity contribution in [3.63, 3.8) is 0 Å². The molecule has 150 valence electrons. The lowest BCUT2D eigenvalue weighted by molar-refractivity contribution is -0.137. The highest BCUT2D eigenvalue weighted by molar-refractivity contribution is 6.31. The molecule has 2 rings (SSSR count). The summed E-state index contributed by atoms with van der Waals surface area (Å²) in [6.07, 6.45) is -3.97. The number of benzene rings is 1. The van der Waals surface area contributed by atoms with E-state index in [4.69, 9.17) is 17.3 Å². The summed E-state index contributed by atoms with van der Waals surface area (Å²) >= 11 is 5.57. The largest absolute Gasteiger partial charge is 0.417 e. The molecule has 1 saturated heterocycles. The van der Waals surface area contributed by atoms with Crippen molar-refractivity contribution >= 4 is 29.1 Å². The van der Waals surface area contributed by atoms with E-state index in [1.54, 1.807) is 0 Å². The van der Waals surface area contributed by atoms with Crippen LogP contribution in [-0.2, 0) is 15.8 Å². The van der Waals surface area contributed by atoms with Gasteiger partial charge >= 0.3 is 6.18 Å². The van der Waals surface area contributed by atoms with Crippen LogP contribution >= 0.6 is 11.6 Å². The van der Waals surface area contributed by atoms with Gasteiger partial charge in [-0.3, -0.25) is 19.4 Å². The maximum atomic E-state index is 12.9. The molecular weight excluding hydrogens is 385 g/mol. The van der Waals surface area contributed by atoms with Crippen molar-refractivity contribution in [2.24, 2.45) is 5.73 Å². The molecule has 0 aliphatic carbocycles. The van der Waals surface area contributed by atoms with Crippen LogP contribution in [0.3, 0.4) is 0 Å². The minimum absolute atomic E-state index is 0.0372. The number of primary amides is 1. The molecule has 0 spiro atoms. The Hall–Kier alpha value is -1.84. The molecule has 3 N–H and O–H groups in total. The molecule has 1 heterocycles. The standard InChI is InChI=1S/C17H22ClF3N4O2/c1-2-14(16(22)27)25-7-5-24(6-8-25)10-15(26)23-11-3-4-13(18)12(9-11)17(19,20)21/h3-4,9,14H,2,5-8,10H2,1H3,(H2,22,27)(H,23,26). The minimum atomic E-state index is -4.59. The van der Waals surface area contributed by atoms with Gasteiger partial charge in [0.15, 0.2) is 0 Å². The highest BCUT2D eigenvalue weighted by atomic mass is 35.5. The van der Waals surface area contributed by atoms with Gasteiger partial charge in [0.25, 0.3) is 0 Å². The summed E-state index contributed by atoms with van der Waals surface area (Å²) in [7, 11) is 0. The van der Waals surface area contributed by atoms with E-state index in [9.17, 15) is 22.8 Å². The van der Waals surface area contributed by atoms with Gasteiger partial charge in [-0.1, -0.05) is 18.5 Å². The average Bonchev–Trinajstić information content (AvgIpc) is 2.57. The molecule has 1 aromatic carbocycles. The number of anilines is 1. The van der Waals surface area contributed by atoms with Crippen LogP contribution < -0.4 is 11.1 Å². The van der Waals surface area contributed by atoms with Crippen molar-refractivity contribution in [2.75, 3.05) is 38.0 Å². The zero-order chi connectivity index (χ0) is 20.2. The van der Waals surface area contributed by atoms with E-state index in [2.05, 4.69) is 5.32 Å². The third-order valence-corrected chi connectivity index (χ3v) is 4.82. The maximum Gasteiger partial charge on any atom is 0.417 e. The molecule has 27 heavy (non-hydrogen) atoms. The van der Waals surface area contributed by atoms with Crippen LogP contribution in [0.25, 0.3) is 0 Å². The molecule has 1 atom stereocenters. The van der Waals surface area contributed by atoms with Crippen LogP contribution in [0.1, 0.15) is 18.9 Å². The van der Waals surface area contributed by atoms with Crippen LogP contribution in [-0.4, -0.2) is 60.4 Å². The van der Waals surface area contributed by atoms with Gasteiger partial charge in [0, 0.05) is 31.9 Å². The average molecular weight is 407 g/mol. The first-order valence-electron chi connectivity index (χ1n) is 8.54. The number of halogens is 4. The number of piperazine rings is 1. The number of hydrogen-bond donors (Lipinski definition) is 2. The molecule has 0 bridgehead atoms. The Balaban J connectivity index is 1.90. The van der Waals surface area contributed by atoms with Gasteiger partial charge in [0.1, 0.15) is 0 Å². The number of nitrogens with two attached hydrogens (primary N) is 1. The van der Waals surface area contributed by atoms with Gasteiger partial charge in [-0.25, -0.2) is 0 Å². The van der Waals surface area contributed by atoms with E-state index >= 15 is 0 Å². The predicted octanol–water partition coefficient (Wildman–Crippen LogP) is 2.18. The highest BCUT2D eigenvalue weighted by Gasteiger charge is 2.33. The highest BCUT2D eigenvalue weighted by Crippen LogP contribution is 2.36. The molecule has 0 aromatic heterocycles. The Labute approximate surface area is 160 Å². The summed E-state index contributed by atoms with van der Waals surface area (Å²) in [6.45, 7) is 4.24. The second-order valence-electron chi connectivity index (χ2n) is 6.38. The normalized spacial score (nSPS) is 17.5. The minimum Gasteiger partial charge on any atom is -0.368 e. The molecule has 0 radical (unpaired) electrons. The lowest BCUT2D eigenvalue weighted by Gasteiger charge is -2.37. The van der Waals surface area contributed by atoms with Crippen LogP contribution in [0.5, 0.6) is 0 Å². The lowest BCUT2D eigenvalue weighted by atomic mass is 10.1. The van der Waals surface area contributed by atoms with Crippen molar-refractivity contribution in [1.29, 1.82) is 0 Å². The number of alkyl halides is 3. The lowest BCUT2D eigenvalue weighted by Crippen LogP contribution is -2.54. The predicted molar refractivity (Wildman–Crippen MR) is 96.4 cm³/mol. The summed E-state index contributed by atoms with van der Waals surface area (Å²) < 4.78 is 38.7. The van der Waals surface area contributed by atoms with Crippen LogP contribution in [0.4, 0.5) is 18.9 Å². The van der Waals surface area contributed by atoms with Crippen molar-refractivity contribution in [2.45, 2.75) is 25.6 Å². The molecule has 2 amide bonds. The van der Waals surface area contributed by atoms with E-state index in [-0.39, 0.29) is 24.2 Å². The SMILES string of the molecule is CCC(C(N)=O)N1CCN(CC(=O)Nc2ccc(Cl)c(C(F)(F)F)c2)CC1. The van der Waals surface area contributed by atoms with E-state index < -0.39 is 22.7 Å². The molecule has 0 saturated carbocycles. The molecular formula is C17H22ClF3N4O2. The van der Waals surface area contributed by atoms with Gasteiger partial charge in [-0.2, -0.15) is 13.2 Å². The fraction of sp³-hybridized carbons (Fsp3) is 0.529. The monoisotopic (exact) mass is 406 g/mol. The van der Waals surface area contributed by atoms with Crippen LogP contribution in [0.2, 0.25) is 5.02 Å². The Bertz CT molecular complexity index is 691. The smallest absolute Gasteiger partial charge is 0.368 e. The van der Waals surface area contributed by atoms with Gasteiger partial charge in [0.2, 0.25) is 11.8 Å². The van der Waals surface area contributed by atoms with Crippen LogP contribution in [0, 0.1) is 0 Å². The van der Waals surface area contributed by atoms with Gasteiger partial charge < -0.3 is 11.1 Å². The Morgan fingerprint density at radius 1 is 1.26 bits per heavy atom. The molecule has 1 fully saturated rings. The number of carbonyl (C=O) groups is 2. The zero-order valence-corrected chi connectivity index (χ0v) is 15.6. The van der Waals surface area contributed by atoms with Gasteiger partial charge in [-0.15, -0.1) is 0 Å². The Kier molecular flexibility index (Phi) is 7.07. The molecule has 1 unspecified atom stereocenters. The summed E-state index contributed by atoms with van der Waals surface area (Å²) in [5.41, 5.74) is 4.43. The van der Waals surface area contributed by atoms with Crippen molar-refractivity contribution in [3.8, 4) is 0 Å². The first-order valence-corrected chi connectivity index (χ1v) is 8.92. The van der Waals surface area contributed by atoms with Crippen molar-refractivity contribution in [3.05, 3.63) is 28.8 Å². The van der Waals surface area contributed by atoms with Crippen LogP contribution in [0.15, 0.2) is 18.2 Å². The third-order valence-electron chi connectivity index (χ3n) is 4.49. The fourth-order valence-corrected chi connectivity index (χ4v) is 3.32. The first kappa shape index (κ1) is 21.5. The number of nitrogens with zero attached hydrogens (tertiary/aromatic N) is 2. The topological polar surface area (TPSA) is 78.7 Å². The summed E-state index contributed by atoms with van der Waals surface area (Å²) in [5.74, 6) is -0.784. The quantitative estimate of drug-likeness (QED) is 0.759. The summed E-state index contributed by atoms with van der Waals surface area (Å²) in [6, 6.07) is 2.92. The summed E-state index contributed by atoms with van der Waals surface area (Å²) in [4.78, 5) is 27.4. The zero-order valence-electron chi connectivity index (χ0n) is 14.9. The molecule has 1 aromatic rings. The van der Waals surface area contributed by atoms with E-state index in [0.29, 0.717) is 32.6 Å². The molecule has 1 aliphatic heterocycles. The third kappa shape index (κ3) is 5.82. The maximum absolute atomic E-state index is 12.9. The van der Waals surface area contributed by atoms with E-state index in [1.807, 2.05) is 16.7 Å². The van der Waals surface area contributed by atoms with Crippen molar-refractivity contribution in [1.82, 2.24) is 9.80 Å². The first-order chi connectivity index (χ1) is 12.6. The van der Waals surface area contributed by atoms with Crippen molar-refractivity contribution < 1.29 is 22.8 Å². The molecule has 6 nitrogen and oxygen atoms in total. The number of hydrogen-bond acceptors (Lipinski definition) is 4. The summed E-state index contributed by atoms with van der Waals surface area (Å²) in [5, 5.41) is 2.05. The number of nitrogens with one attached hydrogen (secondary N) is 1. The number of rotatable bonds is 6. The Morgan fingerprint density at radius 3 is 2.41 bits per heavy atom.